The summed E-state index contributed by atoms with van der Waals surface area (Å²) in [7, 11) is 0. The van der Waals surface area contributed by atoms with E-state index in [2.05, 4.69) is 97.1 Å². The van der Waals surface area contributed by atoms with Crippen LogP contribution in [0.25, 0.3) is 0 Å². The summed E-state index contributed by atoms with van der Waals surface area (Å²) < 4.78 is 14.3. The number of fused-ring (bicyclic) bond motifs is 12. The first kappa shape index (κ1) is 18.0. The summed E-state index contributed by atoms with van der Waals surface area (Å²) >= 11 is 0. The van der Waals surface area contributed by atoms with Gasteiger partial charge in [-0.15, -0.1) is 0 Å². The molecule has 2 nitrogen and oxygen atoms in total. The Labute approximate surface area is 193 Å². The molecule has 2 heterocycles. The molecular formula is C31H24O2. The van der Waals surface area contributed by atoms with Crippen LogP contribution in [0.5, 0.6) is 11.5 Å². The number of rotatable bonds is 0. The monoisotopic (exact) mass is 428 g/mol. The lowest BCUT2D eigenvalue weighted by molar-refractivity contribution is -0.176. The molecule has 0 radical (unpaired) electrons. The van der Waals surface area contributed by atoms with Gasteiger partial charge in [-0.25, -0.2) is 0 Å². The van der Waals surface area contributed by atoms with Gasteiger partial charge < -0.3 is 9.47 Å². The fraction of sp³-hybridized carbons (Fsp3) is 0.226. The van der Waals surface area contributed by atoms with Gasteiger partial charge in [-0.3, -0.25) is 0 Å². The summed E-state index contributed by atoms with van der Waals surface area (Å²) in [5.41, 5.74) is 8.26. The molecule has 4 unspecified atom stereocenters. The summed E-state index contributed by atoms with van der Waals surface area (Å²) in [5, 5.41) is 0. The molecule has 4 aliphatic rings. The maximum absolute atomic E-state index is 7.14. The smallest absolute Gasteiger partial charge is 0.265 e. The largest absolute Gasteiger partial charge is 0.451 e. The van der Waals surface area contributed by atoms with Crippen molar-refractivity contribution in [1.29, 1.82) is 0 Å². The van der Waals surface area contributed by atoms with Crippen molar-refractivity contribution in [3.8, 4) is 11.5 Å². The Kier molecular flexibility index (Phi) is 3.42. The zero-order valence-electron chi connectivity index (χ0n) is 18.3. The van der Waals surface area contributed by atoms with E-state index < -0.39 is 5.79 Å². The van der Waals surface area contributed by atoms with Gasteiger partial charge in [0, 0.05) is 11.8 Å². The van der Waals surface area contributed by atoms with Crippen molar-refractivity contribution in [2.45, 2.75) is 42.3 Å². The van der Waals surface area contributed by atoms with Crippen LogP contribution in [0, 0.1) is 0 Å². The Balaban J connectivity index is 1.44. The Hall–Kier alpha value is -3.52. The standard InChI is InChI=1S/C31H24O2/c1-3-11-21-19(9-1)17-25-23-13-5-7-15-27(23)32-31(29(21)25)30-22-12-4-2-10-20(22)18-26(30)24-14-6-8-16-28(24)33-31/h1-16,25-26,29-30H,17-18H2. The lowest BCUT2D eigenvalue weighted by Crippen LogP contribution is -2.58. The Morgan fingerprint density at radius 1 is 0.485 bits per heavy atom. The highest BCUT2D eigenvalue weighted by Crippen LogP contribution is 2.66. The molecule has 0 bridgehead atoms. The van der Waals surface area contributed by atoms with Crippen LogP contribution in [0.1, 0.15) is 57.1 Å². The molecule has 160 valence electrons. The van der Waals surface area contributed by atoms with Crippen LogP contribution in [-0.2, 0) is 12.8 Å². The van der Waals surface area contributed by atoms with Crippen molar-refractivity contribution in [3.63, 3.8) is 0 Å². The van der Waals surface area contributed by atoms with Crippen LogP contribution in [0.2, 0.25) is 0 Å². The molecule has 0 amide bonds. The van der Waals surface area contributed by atoms with Crippen LogP contribution >= 0.6 is 0 Å². The molecule has 1 spiro atoms. The van der Waals surface area contributed by atoms with Crippen molar-refractivity contribution in [1.82, 2.24) is 0 Å². The van der Waals surface area contributed by atoms with Crippen molar-refractivity contribution >= 4 is 0 Å². The molecule has 33 heavy (non-hydrogen) atoms. The van der Waals surface area contributed by atoms with E-state index >= 15 is 0 Å². The van der Waals surface area contributed by atoms with Gasteiger partial charge in [0.25, 0.3) is 5.79 Å². The number of hydrogen-bond acceptors (Lipinski definition) is 2. The zero-order chi connectivity index (χ0) is 21.6. The van der Waals surface area contributed by atoms with E-state index in [-0.39, 0.29) is 11.8 Å². The van der Waals surface area contributed by atoms with Crippen LogP contribution in [0.3, 0.4) is 0 Å². The summed E-state index contributed by atoms with van der Waals surface area (Å²) in [5.74, 6) is 2.20. The fourth-order valence-electron chi connectivity index (χ4n) is 7.33. The van der Waals surface area contributed by atoms with Gasteiger partial charge in [0.15, 0.2) is 0 Å². The van der Waals surface area contributed by atoms with Crippen molar-refractivity contribution in [2.75, 3.05) is 0 Å². The predicted molar refractivity (Wildman–Crippen MR) is 128 cm³/mol. The van der Waals surface area contributed by atoms with E-state index in [0.717, 1.165) is 24.3 Å². The van der Waals surface area contributed by atoms with Gasteiger partial charge in [-0.2, -0.15) is 0 Å². The average Bonchev–Trinajstić information content (AvgIpc) is 3.45. The number of para-hydroxylation sites is 2. The highest BCUT2D eigenvalue weighted by Gasteiger charge is 2.65. The van der Waals surface area contributed by atoms with E-state index in [4.69, 9.17) is 9.47 Å². The van der Waals surface area contributed by atoms with Crippen molar-refractivity contribution < 1.29 is 9.47 Å². The molecule has 2 aliphatic heterocycles. The fourth-order valence-corrected chi connectivity index (χ4v) is 7.33. The molecule has 0 saturated heterocycles. The van der Waals surface area contributed by atoms with Crippen LogP contribution in [-0.4, -0.2) is 5.79 Å². The Bertz CT molecular complexity index is 1310. The molecule has 0 N–H and O–H groups in total. The van der Waals surface area contributed by atoms with E-state index in [9.17, 15) is 0 Å². The van der Waals surface area contributed by atoms with Crippen LogP contribution in [0.15, 0.2) is 97.1 Å². The molecule has 2 heteroatoms. The molecule has 4 atom stereocenters. The summed E-state index contributed by atoms with van der Waals surface area (Å²) in [6.45, 7) is 0. The molecule has 8 rings (SSSR count). The van der Waals surface area contributed by atoms with Crippen LogP contribution in [0.4, 0.5) is 0 Å². The lowest BCUT2D eigenvalue weighted by Gasteiger charge is -2.53. The number of ether oxygens (including phenoxy) is 2. The molecule has 0 aromatic heterocycles. The first-order valence-corrected chi connectivity index (χ1v) is 12.0. The third-order valence-electron chi connectivity index (χ3n) is 8.51. The van der Waals surface area contributed by atoms with Gasteiger partial charge in [0.1, 0.15) is 11.5 Å². The first-order chi connectivity index (χ1) is 16.3. The van der Waals surface area contributed by atoms with Crippen LogP contribution < -0.4 is 9.47 Å². The first-order valence-electron chi connectivity index (χ1n) is 12.0. The summed E-state index contributed by atoms with van der Waals surface area (Å²) in [6.07, 6.45) is 2.07. The van der Waals surface area contributed by atoms with Gasteiger partial charge in [-0.05, 0) is 58.4 Å². The van der Waals surface area contributed by atoms with E-state index in [1.165, 1.54) is 33.4 Å². The normalized spacial score (nSPS) is 29.6. The van der Waals surface area contributed by atoms with Gasteiger partial charge >= 0.3 is 0 Å². The summed E-state index contributed by atoms with van der Waals surface area (Å²) in [6, 6.07) is 35.1. The van der Waals surface area contributed by atoms with E-state index in [1.54, 1.807) is 0 Å². The van der Waals surface area contributed by atoms with Crippen molar-refractivity contribution in [3.05, 3.63) is 130 Å². The second-order valence-electron chi connectivity index (χ2n) is 9.98. The Morgan fingerprint density at radius 2 is 0.879 bits per heavy atom. The van der Waals surface area contributed by atoms with Gasteiger partial charge in [-0.1, -0.05) is 84.9 Å². The summed E-state index contributed by atoms with van der Waals surface area (Å²) in [4.78, 5) is 0. The predicted octanol–water partition coefficient (Wildman–Crippen LogP) is 6.71. The quantitative estimate of drug-likeness (QED) is 0.310. The molecule has 2 aliphatic carbocycles. The van der Waals surface area contributed by atoms with Crippen molar-refractivity contribution in [2.24, 2.45) is 0 Å². The highest BCUT2D eigenvalue weighted by atomic mass is 16.7. The minimum Gasteiger partial charge on any atom is -0.451 e. The molecule has 0 saturated carbocycles. The topological polar surface area (TPSA) is 18.5 Å². The molecule has 4 aromatic carbocycles. The zero-order valence-corrected chi connectivity index (χ0v) is 18.3. The molecular weight excluding hydrogens is 404 g/mol. The minimum absolute atomic E-state index is 0.149. The highest BCUT2D eigenvalue weighted by molar-refractivity contribution is 5.57. The van der Waals surface area contributed by atoms with Gasteiger partial charge in [0.2, 0.25) is 0 Å². The molecule has 4 aromatic rings. The van der Waals surface area contributed by atoms with Gasteiger partial charge in [0.05, 0.1) is 11.8 Å². The second-order valence-corrected chi connectivity index (χ2v) is 9.98. The van der Waals surface area contributed by atoms with E-state index in [1.807, 2.05) is 0 Å². The van der Waals surface area contributed by atoms with E-state index in [0.29, 0.717) is 11.8 Å². The minimum atomic E-state index is -0.767. The second kappa shape index (κ2) is 6.29. The third-order valence-corrected chi connectivity index (χ3v) is 8.51. The SMILES string of the molecule is c1ccc2c(c1)CC1c3ccccc3OC3(Oc4ccccc4C4Cc5ccccc5C43)C21. The Morgan fingerprint density at radius 3 is 1.36 bits per heavy atom. The average molecular weight is 429 g/mol. The maximum Gasteiger partial charge on any atom is 0.265 e. The number of benzene rings is 4. The lowest BCUT2D eigenvalue weighted by atomic mass is 9.67. The molecule has 0 fully saturated rings. The number of hydrogen-bond donors (Lipinski definition) is 0. The maximum atomic E-state index is 7.14. The third kappa shape index (κ3) is 2.24.